The van der Waals surface area contributed by atoms with Crippen LogP contribution in [0.3, 0.4) is 0 Å². The molecule has 0 fully saturated rings. The Morgan fingerprint density at radius 2 is 1.29 bits per heavy atom. The Morgan fingerprint density at radius 1 is 0.771 bits per heavy atom. The molecule has 35 heavy (non-hydrogen) atoms. The monoisotopic (exact) mass is 482 g/mol. The predicted molar refractivity (Wildman–Crippen MR) is 138 cm³/mol. The lowest BCUT2D eigenvalue weighted by Crippen LogP contribution is -2.24. The number of carboxylic acid groups (broad SMARTS) is 1. The van der Waals surface area contributed by atoms with E-state index in [0.717, 1.165) is 41.1 Å². The minimum absolute atomic E-state index is 0.0980. The van der Waals surface area contributed by atoms with Gasteiger partial charge >= 0.3 is 5.97 Å². The smallest absolute Gasteiger partial charge is 0.352 e. The van der Waals surface area contributed by atoms with E-state index in [1.165, 1.54) is 0 Å². The number of nitrogens with two attached hydrogens (primary N) is 1. The Kier molecular flexibility index (Phi) is 12.0. The highest BCUT2D eigenvalue weighted by molar-refractivity contribution is 5.98. The lowest BCUT2D eigenvalue weighted by molar-refractivity contribution is 0.0691. The third-order valence-corrected chi connectivity index (χ3v) is 5.02. The highest BCUT2D eigenvalue weighted by Crippen LogP contribution is 2.15. The number of benzene rings is 2. The molecule has 4 rings (SSSR count). The summed E-state index contributed by atoms with van der Waals surface area (Å²) in [4.78, 5) is 28.2. The molecule has 0 aliphatic heterocycles. The Labute approximate surface area is 204 Å². The molecule has 0 spiro atoms. The van der Waals surface area contributed by atoms with Crippen LogP contribution in [0.4, 0.5) is 0 Å². The number of aliphatic hydroxyl groups is 2. The number of aliphatic hydroxyl groups excluding tert-OH is 2. The molecule has 0 radical (unpaired) electrons. The molecule has 0 unspecified atom stereocenters. The SMILES string of the molecule is NCCCCO.O=C(NCCCCO)c1cc2ccccc2[nH]1.O=C(O)c1cc2ccccc2[nH]1. The maximum absolute atomic E-state index is 11.8. The largest absolute Gasteiger partial charge is 0.477 e. The molecule has 8 N–H and O–H groups in total. The number of unbranched alkanes of at least 4 members (excludes halogenated alkanes) is 2. The van der Waals surface area contributed by atoms with Crippen LogP contribution in [0, 0.1) is 0 Å². The molecular formula is C26H34N4O5. The van der Waals surface area contributed by atoms with E-state index in [4.69, 9.17) is 21.1 Å². The molecule has 9 nitrogen and oxygen atoms in total. The van der Waals surface area contributed by atoms with E-state index in [0.29, 0.717) is 25.2 Å². The van der Waals surface area contributed by atoms with Gasteiger partial charge in [0.15, 0.2) is 0 Å². The number of hydrogen-bond acceptors (Lipinski definition) is 5. The van der Waals surface area contributed by atoms with Gasteiger partial charge in [-0.05, 0) is 56.5 Å². The van der Waals surface area contributed by atoms with Gasteiger partial charge in [0, 0.05) is 41.6 Å². The van der Waals surface area contributed by atoms with E-state index in [2.05, 4.69) is 15.3 Å². The summed E-state index contributed by atoms with van der Waals surface area (Å²) in [5.41, 5.74) is 7.74. The first-order valence-electron chi connectivity index (χ1n) is 11.6. The fraction of sp³-hybridized carbons (Fsp3) is 0.308. The molecule has 2 aromatic heterocycles. The van der Waals surface area contributed by atoms with Crippen molar-refractivity contribution in [3.05, 3.63) is 72.1 Å². The minimum atomic E-state index is -0.925. The number of aromatic carboxylic acids is 1. The van der Waals surface area contributed by atoms with E-state index >= 15 is 0 Å². The van der Waals surface area contributed by atoms with Crippen LogP contribution < -0.4 is 11.1 Å². The van der Waals surface area contributed by atoms with E-state index in [9.17, 15) is 9.59 Å². The molecule has 2 aromatic carbocycles. The Balaban J connectivity index is 0.000000209. The fourth-order valence-corrected chi connectivity index (χ4v) is 3.17. The van der Waals surface area contributed by atoms with Gasteiger partial charge in [0.2, 0.25) is 0 Å². The number of carbonyl (C=O) groups excluding carboxylic acids is 1. The first-order valence-corrected chi connectivity index (χ1v) is 11.6. The average molecular weight is 483 g/mol. The molecule has 0 saturated carbocycles. The van der Waals surface area contributed by atoms with Crippen LogP contribution in [-0.2, 0) is 0 Å². The van der Waals surface area contributed by atoms with Crippen molar-refractivity contribution in [2.24, 2.45) is 5.73 Å². The van der Waals surface area contributed by atoms with Gasteiger partial charge in [-0.3, -0.25) is 4.79 Å². The molecule has 0 aliphatic rings. The normalized spacial score (nSPS) is 10.3. The van der Waals surface area contributed by atoms with E-state index in [1.54, 1.807) is 6.07 Å². The van der Waals surface area contributed by atoms with E-state index in [1.807, 2.05) is 54.6 Å². The summed E-state index contributed by atoms with van der Waals surface area (Å²) in [6.07, 6.45) is 3.29. The fourth-order valence-electron chi connectivity index (χ4n) is 3.17. The first kappa shape index (κ1) is 27.6. The molecule has 9 heteroatoms. The highest BCUT2D eigenvalue weighted by atomic mass is 16.4. The summed E-state index contributed by atoms with van der Waals surface area (Å²) in [5, 5.41) is 30.2. The Bertz CT molecular complexity index is 1110. The van der Waals surface area contributed by atoms with Crippen molar-refractivity contribution in [2.75, 3.05) is 26.3 Å². The van der Waals surface area contributed by atoms with Crippen molar-refractivity contribution in [3.8, 4) is 0 Å². The van der Waals surface area contributed by atoms with Gasteiger partial charge in [-0.1, -0.05) is 36.4 Å². The number of aromatic nitrogens is 2. The number of aromatic amines is 2. The van der Waals surface area contributed by atoms with Gasteiger partial charge in [-0.2, -0.15) is 0 Å². The molecule has 0 aliphatic carbocycles. The maximum atomic E-state index is 11.8. The van der Waals surface area contributed by atoms with Crippen molar-refractivity contribution in [3.63, 3.8) is 0 Å². The van der Waals surface area contributed by atoms with Crippen LogP contribution in [0.1, 0.15) is 46.7 Å². The molecular weight excluding hydrogens is 448 g/mol. The lowest BCUT2D eigenvalue weighted by Gasteiger charge is -2.01. The van der Waals surface area contributed by atoms with Crippen molar-refractivity contribution in [1.29, 1.82) is 0 Å². The average Bonchev–Trinajstić information content (AvgIpc) is 3.51. The summed E-state index contributed by atoms with van der Waals surface area (Å²) in [6.45, 7) is 1.73. The van der Waals surface area contributed by atoms with Gasteiger partial charge in [0.1, 0.15) is 11.4 Å². The van der Waals surface area contributed by atoms with Crippen LogP contribution in [0.5, 0.6) is 0 Å². The number of carbonyl (C=O) groups is 2. The molecule has 1 amide bonds. The molecule has 4 aromatic rings. The summed E-state index contributed by atoms with van der Waals surface area (Å²) in [6, 6.07) is 18.7. The molecule has 0 bridgehead atoms. The quantitative estimate of drug-likeness (QED) is 0.181. The van der Waals surface area contributed by atoms with Crippen LogP contribution in [-0.4, -0.2) is 63.5 Å². The number of H-pyrrole nitrogens is 2. The topological polar surface area (TPSA) is 164 Å². The van der Waals surface area contributed by atoms with Crippen LogP contribution in [0.2, 0.25) is 0 Å². The summed E-state index contributed by atoms with van der Waals surface area (Å²) < 4.78 is 0. The van der Waals surface area contributed by atoms with Crippen molar-refractivity contribution in [1.82, 2.24) is 15.3 Å². The van der Waals surface area contributed by atoms with Crippen LogP contribution >= 0.6 is 0 Å². The highest BCUT2D eigenvalue weighted by Gasteiger charge is 2.08. The van der Waals surface area contributed by atoms with Crippen LogP contribution in [0.15, 0.2) is 60.7 Å². The third-order valence-electron chi connectivity index (χ3n) is 5.02. The summed E-state index contributed by atoms with van der Waals surface area (Å²) in [5.74, 6) is -1.02. The third kappa shape index (κ3) is 9.24. The second-order valence-corrected chi connectivity index (χ2v) is 7.75. The number of amides is 1. The Hall–Kier alpha value is -3.66. The standard InChI is InChI=1S/C13H16N2O2.C9H7NO2.C4H11NO/c16-8-4-3-7-14-13(17)12-9-10-5-1-2-6-11(10)15-12;11-9(12)8-5-6-3-1-2-4-7(6)10-8;5-3-1-2-4-6/h1-2,5-6,9,15-16H,3-4,7-8H2,(H,14,17);1-5,10H,(H,11,12);6H,1-5H2. The second-order valence-electron chi connectivity index (χ2n) is 7.75. The van der Waals surface area contributed by atoms with Gasteiger partial charge in [-0.25, -0.2) is 4.79 Å². The Morgan fingerprint density at radius 3 is 1.77 bits per heavy atom. The maximum Gasteiger partial charge on any atom is 0.352 e. The number of carboxylic acids is 1. The number of para-hydroxylation sites is 2. The number of nitrogens with one attached hydrogen (secondary N) is 3. The van der Waals surface area contributed by atoms with Crippen molar-refractivity contribution < 1.29 is 24.9 Å². The van der Waals surface area contributed by atoms with Gasteiger partial charge in [0.05, 0.1) is 0 Å². The zero-order valence-corrected chi connectivity index (χ0v) is 19.7. The van der Waals surface area contributed by atoms with Gasteiger partial charge in [0.25, 0.3) is 5.91 Å². The lowest BCUT2D eigenvalue weighted by atomic mass is 10.2. The molecule has 188 valence electrons. The van der Waals surface area contributed by atoms with Crippen molar-refractivity contribution in [2.45, 2.75) is 25.7 Å². The van der Waals surface area contributed by atoms with E-state index < -0.39 is 5.97 Å². The van der Waals surface area contributed by atoms with E-state index in [-0.39, 0.29) is 24.8 Å². The summed E-state index contributed by atoms with van der Waals surface area (Å²) in [7, 11) is 0. The summed E-state index contributed by atoms with van der Waals surface area (Å²) >= 11 is 0. The first-order chi connectivity index (χ1) is 17.0. The predicted octanol–water partition coefficient (Wildman–Crippen LogP) is 3.25. The number of rotatable bonds is 9. The van der Waals surface area contributed by atoms with Gasteiger partial charge in [-0.15, -0.1) is 0 Å². The zero-order valence-electron chi connectivity index (χ0n) is 19.7. The molecule has 0 atom stereocenters. The number of hydrogen-bond donors (Lipinski definition) is 7. The van der Waals surface area contributed by atoms with Gasteiger partial charge < -0.3 is 36.3 Å². The minimum Gasteiger partial charge on any atom is -0.477 e. The number of fused-ring (bicyclic) bond motifs is 2. The zero-order chi connectivity index (χ0) is 25.5. The van der Waals surface area contributed by atoms with Crippen molar-refractivity contribution >= 4 is 33.7 Å². The molecule has 2 heterocycles. The second kappa shape index (κ2) is 15.3. The molecule has 0 saturated heterocycles. The van der Waals surface area contributed by atoms with Crippen LogP contribution in [0.25, 0.3) is 21.8 Å².